The Bertz CT molecular complexity index is 1760. The normalized spacial score (nSPS) is 11.2. The number of hydrogen-bond acceptors (Lipinski definition) is 3. The second-order valence-corrected chi connectivity index (χ2v) is 9.50. The van der Waals surface area contributed by atoms with Gasteiger partial charge in [0.25, 0.3) is 0 Å². The topological polar surface area (TPSA) is 27.7 Å². The van der Waals surface area contributed by atoms with Crippen molar-refractivity contribution < 1.29 is 53.7 Å². The summed E-state index contributed by atoms with van der Waals surface area (Å²) in [6, 6.07) is 14.7. The number of benzene rings is 4. The maximum Gasteiger partial charge on any atom is 0.573 e. The molecule has 3 nitrogen and oxygen atoms in total. The van der Waals surface area contributed by atoms with Crippen molar-refractivity contribution in [1.29, 1.82) is 0 Å². The van der Waals surface area contributed by atoms with E-state index < -0.39 is 52.8 Å². The molecule has 4 aromatic carbocycles. The van der Waals surface area contributed by atoms with E-state index in [1.807, 2.05) is 24.3 Å². The summed E-state index contributed by atoms with van der Waals surface area (Å²) >= 11 is 0. The van der Waals surface area contributed by atoms with Gasteiger partial charge in [0.2, 0.25) is 5.75 Å². The quantitative estimate of drug-likeness (QED) is 0.108. The van der Waals surface area contributed by atoms with Crippen molar-refractivity contribution in [2.75, 3.05) is 6.61 Å². The number of hydrogen-bond donors (Lipinski definition) is 0. The molecule has 0 aromatic heterocycles. The van der Waals surface area contributed by atoms with Crippen LogP contribution in [0.25, 0.3) is 0 Å². The summed E-state index contributed by atoms with van der Waals surface area (Å²) in [7, 11) is 0. The largest absolute Gasteiger partial charge is 0.573 e. The fourth-order valence-corrected chi connectivity index (χ4v) is 3.83. The minimum absolute atomic E-state index is 0.0630. The van der Waals surface area contributed by atoms with Crippen LogP contribution in [0.3, 0.4) is 0 Å². The van der Waals surface area contributed by atoms with Gasteiger partial charge in [0.1, 0.15) is 28.7 Å². The van der Waals surface area contributed by atoms with Crippen molar-refractivity contribution in [1.82, 2.24) is 0 Å². The molecule has 0 bridgehead atoms. The SMILES string of the molecule is CCCCOc1ccc(C#Cc2ccc(C#Cc3cc(F)c(C(F)(F)Oc4cc(F)c(OC(F)(F)F)c(F)c4)c(F)c3)cc2)cc1. The van der Waals surface area contributed by atoms with Crippen molar-refractivity contribution in [3.8, 4) is 40.9 Å². The fourth-order valence-electron chi connectivity index (χ4n) is 3.83. The fraction of sp³-hybridized carbons (Fsp3) is 0.176. The van der Waals surface area contributed by atoms with Gasteiger partial charge in [-0.05, 0) is 67.1 Å². The van der Waals surface area contributed by atoms with Crippen LogP contribution in [0.5, 0.6) is 17.2 Å². The molecule has 0 saturated heterocycles. The van der Waals surface area contributed by atoms with Gasteiger partial charge >= 0.3 is 12.5 Å². The first-order valence-electron chi connectivity index (χ1n) is 13.4. The van der Waals surface area contributed by atoms with Gasteiger partial charge in [0.05, 0.1) is 6.61 Å². The van der Waals surface area contributed by atoms with Crippen LogP contribution in [-0.2, 0) is 6.11 Å². The second kappa shape index (κ2) is 14.2. The van der Waals surface area contributed by atoms with Gasteiger partial charge in [-0.1, -0.05) is 37.0 Å². The van der Waals surface area contributed by atoms with Crippen LogP contribution >= 0.6 is 0 Å². The van der Waals surface area contributed by atoms with Gasteiger partial charge in [0.15, 0.2) is 11.6 Å². The van der Waals surface area contributed by atoms with E-state index in [1.165, 1.54) is 0 Å². The average Bonchev–Trinajstić information content (AvgIpc) is 2.97. The van der Waals surface area contributed by atoms with E-state index in [0.717, 1.165) is 24.2 Å². The predicted molar refractivity (Wildman–Crippen MR) is 149 cm³/mol. The van der Waals surface area contributed by atoms with E-state index in [2.05, 4.69) is 40.1 Å². The Balaban J connectivity index is 1.45. The Morgan fingerprint density at radius 3 is 1.48 bits per heavy atom. The second-order valence-electron chi connectivity index (χ2n) is 9.50. The van der Waals surface area contributed by atoms with Gasteiger partial charge in [-0.25, -0.2) is 17.6 Å². The van der Waals surface area contributed by atoms with Gasteiger partial charge in [-0.2, -0.15) is 8.78 Å². The number of ether oxygens (including phenoxy) is 3. The maximum atomic E-state index is 14.7. The molecule has 0 unspecified atom stereocenters. The smallest absolute Gasteiger partial charge is 0.494 e. The molecule has 0 radical (unpaired) electrons. The maximum absolute atomic E-state index is 14.7. The summed E-state index contributed by atoms with van der Waals surface area (Å²) in [4.78, 5) is 0. The molecule has 12 heteroatoms. The molecule has 0 amide bonds. The van der Waals surface area contributed by atoms with Gasteiger partial charge in [-0.3, -0.25) is 0 Å². The Labute approximate surface area is 257 Å². The van der Waals surface area contributed by atoms with Crippen LogP contribution in [0, 0.1) is 47.0 Å². The third-order valence-electron chi connectivity index (χ3n) is 5.98. The molecular weight excluding hydrogens is 627 g/mol. The monoisotopic (exact) mass is 648 g/mol. The van der Waals surface area contributed by atoms with Crippen LogP contribution < -0.4 is 14.2 Å². The first kappa shape index (κ1) is 33.7. The number of unbranched alkanes of at least 4 members (excludes halogenated alkanes) is 1. The number of halogens is 9. The van der Waals surface area contributed by atoms with Crippen molar-refractivity contribution in [2.45, 2.75) is 32.2 Å². The van der Waals surface area contributed by atoms with Gasteiger partial charge in [-0.15, -0.1) is 13.2 Å². The highest BCUT2D eigenvalue weighted by Gasteiger charge is 2.42. The summed E-state index contributed by atoms with van der Waals surface area (Å²) in [5.41, 5.74) is -0.412. The molecule has 0 fully saturated rings. The first-order valence-corrected chi connectivity index (χ1v) is 13.4. The third kappa shape index (κ3) is 9.14. The van der Waals surface area contributed by atoms with E-state index in [1.54, 1.807) is 24.3 Å². The summed E-state index contributed by atoms with van der Waals surface area (Å²) in [5.74, 6) is 0.826. The summed E-state index contributed by atoms with van der Waals surface area (Å²) in [6.45, 7) is 2.71. The van der Waals surface area contributed by atoms with Crippen LogP contribution in [-0.4, -0.2) is 13.0 Å². The van der Waals surface area contributed by atoms with Crippen LogP contribution in [0.2, 0.25) is 0 Å². The summed E-state index contributed by atoms with van der Waals surface area (Å²) in [6.07, 6.45) is -8.34. The van der Waals surface area contributed by atoms with Crippen molar-refractivity contribution >= 4 is 0 Å². The summed E-state index contributed by atoms with van der Waals surface area (Å²) < 4.78 is 136. The predicted octanol–water partition coefficient (Wildman–Crippen LogP) is 9.25. The minimum atomic E-state index is -5.49. The highest BCUT2D eigenvalue weighted by Crippen LogP contribution is 2.38. The van der Waals surface area contributed by atoms with E-state index in [0.29, 0.717) is 29.9 Å². The molecule has 0 saturated carbocycles. The average molecular weight is 649 g/mol. The Hall–Kier alpha value is -5.23. The molecule has 46 heavy (non-hydrogen) atoms. The minimum Gasteiger partial charge on any atom is -0.494 e. The zero-order valence-corrected chi connectivity index (χ0v) is 23.7. The van der Waals surface area contributed by atoms with Crippen molar-refractivity contribution in [3.63, 3.8) is 0 Å². The van der Waals surface area contributed by atoms with Gasteiger partial charge < -0.3 is 14.2 Å². The molecular formula is C34H21F9O3. The van der Waals surface area contributed by atoms with Crippen molar-refractivity contribution in [2.24, 2.45) is 0 Å². The Morgan fingerprint density at radius 1 is 0.565 bits per heavy atom. The van der Waals surface area contributed by atoms with E-state index in [9.17, 15) is 39.5 Å². The Morgan fingerprint density at radius 2 is 1.02 bits per heavy atom. The lowest BCUT2D eigenvalue weighted by Gasteiger charge is -2.20. The standard InChI is InChI=1S/C34H21F9O3/c1-2-3-16-44-25-14-12-23(13-15-25)9-8-21-4-6-22(7-5-21)10-11-24-17-27(35)31(28(36)18-24)33(39,40)45-26-19-29(37)32(30(38)20-26)46-34(41,42)43/h4-7,12-15,17-20H,2-3,16H2,1H3. The molecule has 0 aliphatic rings. The zero-order valence-electron chi connectivity index (χ0n) is 23.7. The molecule has 0 N–H and O–H groups in total. The number of rotatable bonds is 8. The lowest BCUT2D eigenvalue weighted by molar-refractivity contribution is -0.276. The zero-order chi connectivity index (χ0) is 33.5. The molecule has 238 valence electrons. The van der Waals surface area contributed by atoms with E-state index in [-0.39, 0.29) is 17.7 Å². The lowest BCUT2D eigenvalue weighted by atomic mass is 10.1. The van der Waals surface area contributed by atoms with Crippen LogP contribution in [0.4, 0.5) is 39.5 Å². The molecule has 0 spiro atoms. The first-order chi connectivity index (χ1) is 21.7. The lowest BCUT2D eigenvalue weighted by Crippen LogP contribution is -2.25. The third-order valence-corrected chi connectivity index (χ3v) is 5.98. The number of alkyl halides is 5. The molecule has 4 rings (SSSR count). The molecule has 0 heterocycles. The van der Waals surface area contributed by atoms with E-state index >= 15 is 0 Å². The molecule has 4 aromatic rings. The van der Waals surface area contributed by atoms with Crippen LogP contribution in [0.15, 0.2) is 72.8 Å². The van der Waals surface area contributed by atoms with Gasteiger partial charge in [0, 0.05) is 34.4 Å². The van der Waals surface area contributed by atoms with Crippen LogP contribution in [0.1, 0.15) is 47.6 Å². The molecule has 0 aliphatic carbocycles. The summed E-state index contributed by atoms with van der Waals surface area (Å²) in [5, 5.41) is 0. The highest BCUT2D eigenvalue weighted by molar-refractivity contribution is 5.49. The molecule has 0 aliphatic heterocycles. The highest BCUT2D eigenvalue weighted by atomic mass is 19.4. The van der Waals surface area contributed by atoms with E-state index in [4.69, 9.17) is 4.74 Å². The Kier molecular flexibility index (Phi) is 10.4. The van der Waals surface area contributed by atoms with Crippen molar-refractivity contribution in [3.05, 3.63) is 124 Å². The molecule has 0 atom stereocenters.